The number of amides is 1. The van der Waals surface area contributed by atoms with Crippen LogP contribution in [0.1, 0.15) is 27.7 Å². The molecule has 106 valence electrons. The summed E-state index contributed by atoms with van der Waals surface area (Å²) in [6.45, 7) is 5.21. The van der Waals surface area contributed by atoms with Crippen molar-refractivity contribution in [3.05, 3.63) is 50.1 Å². The summed E-state index contributed by atoms with van der Waals surface area (Å²) in [6.07, 6.45) is 0. The van der Waals surface area contributed by atoms with Crippen LogP contribution in [0.2, 0.25) is 0 Å². The Bertz CT molecular complexity index is 624. The molecule has 2 N–H and O–H groups in total. The fraction of sp³-hybridized carbons (Fsp3) is 0.267. The zero-order chi connectivity index (χ0) is 14.7. The molecular weight excluding hydrogens is 336 g/mol. The second-order valence-corrected chi connectivity index (χ2v) is 7.14. The predicted octanol–water partition coefficient (Wildman–Crippen LogP) is 4.06. The summed E-state index contributed by atoms with van der Waals surface area (Å²) in [5, 5.41) is 0. The average Bonchev–Trinajstić information content (AvgIpc) is 2.84. The van der Waals surface area contributed by atoms with Crippen LogP contribution < -0.4 is 5.73 Å². The topological polar surface area (TPSA) is 46.3 Å². The Morgan fingerprint density at radius 1 is 1.35 bits per heavy atom. The Balaban J connectivity index is 2.18. The Morgan fingerprint density at radius 2 is 2.10 bits per heavy atom. The molecule has 1 amide bonds. The van der Waals surface area contributed by atoms with E-state index in [9.17, 15) is 4.79 Å². The second-order valence-electron chi connectivity index (χ2n) is 4.60. The normalized spacial score (nSPS) is 10.6. The Morgan fingerprint density at radius 3 is 2.65 bits per heavy atom. The van der Waals surface area contributed by atoms with Gasteiger partial charge in [-0.25, -0.2) is 0 Å². The van der Waals surface area contributed by atoms with Crippen LogP contribution >= 0.6 is 27.3 Å². The smallest absolute Gasteiger partial charge is 0.254 e. The maximum absolute atomic E-state index is 12.5. The molecule has 5 heteroatoms. The van der Waals surface area contributed by atoms with Gasteiger partial charge in [0.1, 0.15) is 0 Å². The zero-order valence-corrected chi connectivity index (χ0v) is 13.9. The lowest BCUT2D eigenvalue weighted by molar-refractivity contribution is 0.0754. The Labute approximate surface area is 131 Å². The van der Waals surface area contributed by atoms with Crippen LogP contribution in [0.5, 0.6) is 0 Å². The number of hydrogen-bond donors (Lipinski definition) is 1. The fourth-order valence-electron chi connectivity index (χ4n) is 1.91. The number of hydrogen-bond acceptors (Lipinski definition) is 3. The largest absolute Gasteiger partial charge is 0.398 e. The third-order valence-corrected chi connectivity index (χ3v) is 4.78. The van der Waals surface area contributed by atoms with Crippen molar-refractivity contribution in [1.82, 2.24) is 4.90 Å². The van der Waals surface area contributed by atoms with E-state index in [1.165, 1.54) is 0 Å². The number of benzene rings is 1. The van der Waals surface area contributed by atoms with E-state index in [1.54, 1.807) is 17.4 Å². The van der Waals surface area contributed by atoms with Crippen molar-refractivity contribution in [1.29, 1.82) is 0 Å². The van der Waals surface area contributed by atoms with Gasteiger partial charge in [-0.1, -0.05) is 6.07 Å². The number of nitrogens with zero attached hydrogens (tertiary/aromatic N) is 1. The summed E-state index contributed by atoms with van der Waals surface area (Å²) in [4.78, 5) is 15.5. The molecule has 2 rings (SSSR count). The van der Waals surface area contributed by atoms with Crippen LogP contribution in [0.3, 0.4) is 0 Å². The summed E-state index contributed by atoms with van der Waals surface area (Å²) in [5.41, 5.74) is 8.18. The van der Waals surface area contributed by atoms with Crippen molar-refractivity contribution < 1.29 is 4.79 Å². The van der Waals surface area contributed by atoms with Gasteiger partial charge in [-0.05, 0) is 59.6 Å². The van der Waals surface area contributed by atoms with Gasteiger partial charge in [0.15, 0.2) is 0 Å². The summed E-state index contributed by atoms with van der Waals surface area (Å²) in [7, 11) is 0. The molecular formula is C15H17BrN2OS. The van der Waals surface area contributed by atoms with Crippen molar-refractivity contribution in [2.45, 2.75) is 20.4 Å². The van der Waals surface area contributed by atoms with E-state index in [1.807, 2.05) is 43.0 Å². The van der Waals surface area contributed by atoms with E-state index in [2.05, 4.69) is 15.9 Å². The number of nitrogens with two attached hydrogens (primary N) is 1. The highest BCUT2D eigenvalue weighted by molar-refractivity contribution is 9.11. The molecule has 0 radical (unpaired) electrons. The number of carbonyl (C=O) groups is 1. The molecule has 0 aliphatic carbocycles. The van der Waals surface area contributed by atoms with Gasteiger partial charge in [0.05, 0.1) is 10.3 Å². The average molecular weight is 353 g/mol. The third-order valence-electron chi connectivity index (χ3n) is 3.17. The van der Waals surface area contributed by atoms with E-state index in [4.69, 9.17) is 5.73 Å². The van der Waals surface area contributed by atoms with Gasteiger partial charge in [0.2, 0.25) is 0 Å². The summed E-state index contributed by atoms with van der Waals surface area (Å²) in [6, 6.07) is 9.51. The van der Waals surface area contributed by atoms with Crippen LogP contribution in [-0.4, -0.2) is 17.4 Å². The highest BCUT2D eigenvalue weighted by Gasteiger charge is 2.16. The van der Waals surface area contributed by atoms with E-state index in [-0.39, 0.29) is 5.91 Å². The molecule has 0 bridgehead atoms. The van der Waals surface area contributed by atoms with E-state index >= 15 is 0 Å². The number of anilines is 1. The van der Waals surface area contributed by atoms with Gasteiger partial charge in [-0.2, -0.15) is 0 Å². The first-order valence-corrected chi connectivity index (χ1v) is 8.01. The van der Waals surface area contributed by atoms with Crippen LogP contribution in [0.4, 0.5) is 5.69 Å². The lowest BCUT2D eigenvalue weighted by Crippen LogP contribution is -2.30. The second kappa shape index (κ2) is 6.41. The third kappa shape index (κ3) is 3.41. The number of nitrogen functional groups attached to an aromatic ring is 1. The zero-order valence-electron chi connectivity index (χ0n) is 11.5. The van der Waals surface area contributed by atoms with E-state index in [0.717, 1.165) is 14.2 Å². The van der Waals surface area contributed by atoms with Crippen LogP contribution in [0, 0.1) is 6.92 Å². The standard InChI is InChI=1S/C15H17BrN2OS/c1-3-18(9-12-6-7-14(16)20-12)15(19)11-5-4-10(2)13(17)8-11/h4-8H,3,9,17H2,1-2H3. The minimum absolute atomic E-state index is 0.0173. The van der Waals surface area contributed by atoms with Gasteiger partial charge in [0, 0.05) is 22.7 Å². The van der Waals surface area contributed by atoms with Crippen molar-refractivity contribution >= 4 is 38.9 Å². The number of halogens is 1. The van der Waals surface area contributed by atoms with Gasteiger partial charge >= 0.3 is 0 Å². The Hall–Kier alpha value is -1.33. The van der Waals surface area contributed by atoms with Gasteiger partial charge < -0.3 is 10.6 Å². The van der Waals surface area contributed by atoms with Gasteiger partial charge in [0.25, 0.3) is 5.91 Å². The molecule has 3 nitrogen and oxygen atoms in total. The molecule has 0 atom stereocenters. The summed E-state index contributed by atoms with van der Waals surface area (Å²) >= 11 is 5.09. The van der Waals surface area contributed by atoms with Crippen LogP contribution in [0.15, 0.2) is 34.1 Å². The SMILES string of the molecule is CCN(Cc1ccc(Br)s1)C(=O)c1ccc(C)c(N)c1. The lowest BCUT2D eigenvalue weighted by atomic mass is 10.1. The van der Waals surface area contributed by atoms with Crippen LogP contribution in [-0.2, 0) is 6.54 Å². The molecule has 2 aromatic rings. The highest BCUT2D eigenvalue weighted by Crippen LogP contribution is 2.24. The molecule has 20 heavy (non-hydrogen) atoms. The number of rotatable bonds is 4. The molecule has 0 aliphatic rings. The first-order valence-electron chi connectivity index (χ1n) is 6.41. The van der Waals surface area contributed by atoms with Crippen LogP contribution in [0.25, 0.3) is 0 Å². The molecule has 1 aromatic carbocycles. The minimum Gasteiger partial charge on any atom is -0.398 e. The Kier molecular flexibility index (Phi) is 4.83. The monoisotopic (exact) mass is 352 g/mol. The maximum Gasteiger partial charge on any atom is 0.254 e. The molecule has 0 saturated carbocycles. The molecule has 0 spiro atoms. The van der Waals surface area contributed by atoms with Crippen molar-refractivity contribution in [3.8, 4) is 0 Å². The molecule has 0 fully saturated rings. The maximum atomic E-state index is 12.5. The van der Waals surface area contributed by atoms with Crippen molar-refractivity contribution in [3.63, 3.8) is 0 Å². The fourth-order valence-corrected chi connectivity index (χ4v) is 3.41. The predicted molar refractivity (Wildman–Crippen MR) is 88.0 cm³/mol. The van der Waals surface area contributed by atoms with E-state index < -0.39 is 0 Å². The van der Waals surface area contributed by atoms with Crippen molar-refractivity contribution in [2.75, 3.05) is 12.3 Å². The van der Waals surface area contributed by atoms with Gasteiger partial charge in [-0.3, -0.25) is 4.79 Å². The molecule has 1 heterocycles. The molecule has 1 aromatic heterocycles. The summed E-state index contributed by atoms with van der Waals surface area (Å²) in [5.74, 6) is 0.0173. The number of aryl methyl sites for hydroxylation is 1. The van der Waals surface area contributed by atoms with Gasteiger partial charge in [-0.15, -0.1) is 11.3 Å². The number of carbonyl (C=O) groups excluding carboxylic acids is 1. The number of thiophene rings is 1. The highest BCUT2D eigenvalue weighted by atomic mass is 79.9. The molecule has 0 unspecified atom stereocenters. The van der Waals surface area contributed by atoms with E-state index in [0.29, 0.717) is 24.3 Å². The molecule has 0 aliphatic heterocycles. The summed E-state index contributed by atoms with van der Waals surface area (Å²) < 4.78 is 1.08. The van der Waals surface area contributed by atoms with Crippen molar-refractivity contribution in [2.24, 2.45) is 0 Å². The minimum atomic E-state index is 0.0173. The lowest BCUT2D eigenvalue weighted by Gasteiger charge is -2.20. The quantitative estimate of drug-likeness (QED) is 0.843. The first-order chi connectivity index (χ1) is 9.51. The molecule has 0 saturated heterocycles. The first kappa shape index (κ1) is 15.1.